The van der Waals surface area contributed by atoms with Crippen LogP contribution in [0.2, 0.25) is 0 Å². The molecule has 0 atom stereocenters. The van der Waals surface area contributed by atoms with Crippen molar-refractivity contribution in [1.29, 1.82) is 0 Å². The van der Waals surface area contributed by atoms with E-state index in [4.69, 9.17) is 4.74 Å². The summed E-state index contributed by atoms with van der Waals surface area (Å²) in [5.74, 6) is -0.0219. The maximum Gasteiger partial charge on any atom is 0.268 e. The summed E-state index contributed by atoms with van der Waals surface area (Å²) in [5.41, 5.74) is 0.408. The zero-order valence-corrected chi connectivity index (χ0v) is 13.3. The van der Waals surface area contributed by atoms with Gasteiger partial charge in [0.25, 0.3) is 5.91 Å². The Morgan fingerprint density at radius 2 is 2.19 bits per heavy atom. The summed E-state index contributed by atoms with van der Waals surface area (Å²) in [6.07, 6.45) is 4.15. The smallest absolute Gasteiger partial charge is 0.268 e. The maximum atomic E-state index is 12.4. The van der Waals surface area contributed by atoms with Crippen LogP contribution in [-0.2, 0) is 4.74 Å². The molecule has 0 saturated carbocycles. The predicted molar refractivity (Wildman–Crippen MR) is 83.6 cm³/mol. The summed E-state index contributed by atoms with van der Waals surface area (Å²) in [4.78, 5) is 12.4. The van der Waals surface area contributed by atoms with Crippen LogP contribution in [0.25, 0.3) is 0 Å². The second-order valence-electron chi connectivity index (χ2n) is 6.16. The molecular formula is C16H27N3O2. The molecule has 1 aromatic rings. The molecule has 2 rings (SSSR count). The lowest BCUT2D eigenvalue weighted by molar-refractivity contribution is -0.00822. The molecular weight excluding hydrogens is 266 g/mol. The van der Waals surface area contributed by atoms with Crippen LogP contribution in [0, 0.1) is 0 Å². The molecule has 0 spiro atoms. The van der Waals surface area contributed by atoms with Gasteiger partial charge in [0.2, 0.25) is 0 Å². The molecule has 1 saturated heterocycles. The molecule has 0 bridgehead atoms. The molecule has 1 aliphatic heterocycles. The van der Waals surface area contributed by atoms with Crippen molar-refractivity contribution in [3.8, 4) is 0 Å². The SMILES string of the molecule is CCOC(C)(C)CNC(=O)c1cccn1C1CCNCC1. The van der Waals surface area contributed by atoms with Gasteiger partial charge < -0.3 is 19.9 Å². The van der Waals surface area contributed by atoms with Crippen molar-refractivity contribution >= 4 is 5.91 Å². The van der Waals surface area contributed by atoms with Crippen LogP contribution in [0.5, 0.6) is 0 Å². The summed E-state index contributed by atoms with van der Waals surface area (Å²) in [5, 5.41) is 6.34. The molecule has 1 fully saturated rings. The van der Waals surface area contributed by atoms with Crippen molar-refractivity contribution in [2.24, 2.45) is 0 Å². The van der Waals surface area contributed by atoms with E-state index in [-0.39, 0.29) is 11.5 Å². The molecule has 1 aliphatic rings. The molecule has 2 N–H and O–H groups in total. The summed E-state index contributed by atoms with van der Waals surface area (Å²) >= 11 is 0. The topological polar surface area (TPSA) is 55.3 Å². The fourth-order valence-corrected chi connectivity index (χ4v) is 2.81. The summed E-state index contributed by atoms with van der Waals surface area (Å²) in [6.45, 7) is 9.13. The number of hydrogen-bond donors (Lipinski definition) is 2. The average Bonchev–Trinajstić information content (AvgIpc) is 2.95. The minimum Gasteiger partial charge on any atom is -0.374 e. The zero-order valence-electron chi connectivity index (χ0n) is 13.3. The van der Waals surface area contributed by atoms with Gasteiger partial charge in [-0.05, 0) is 58.8 Å². The lowest BCUT2D eigenvalue weighted by Gasteiger charge is -2.27. The first-order valence-electron chi connectivity index (χ1n) is 7.83. The third kappa shape index (κ3) is 4.32. The van der Waals surface area contributed by atoms with Crippen LogP contribution < -0.4 is 10.6 Å². The Morgan fingerprint density at radius 1 is 1.48 bits per heavy atom. The molecule has 0 aliphatic carbocycles. The highest BCUT2D eigenvalue weighted by molar-refractivity contribution is 5.92. The molecule has 5 nitrogen and oxygen atoms in total. The van der Waals surface area contributed by atoms with E-state index in [1.165, 1.54) is 0 Å². The van der Waals surface area contributed by atoms with E-state index in [0.29, 0.717) is 19.2 Å². The summed E-state index contributed by atoms with van der Waals surface area (Å²) in [6, 6.07) is 4.26. The highest BCUT2D eigenvalue weighted by atomic mass is 16.5. The van der Waals surface area contributed by atoms with Gasteiger partial charge in [-0.25, -0.2) is 0 Å². The molecule has 1 aromatic heterocycles. The van der Waals surface area contributed by atoms with Gasteiger partial charge >= 0.3 is 0 Å². The van der Waals surface area contributed by atoms with Crippen LogP contribution in [-0.4, -0.2) is 42.3 Å². The van der Waals surface area contributed by atoms with Crippen LogP contribution in [0.1, 0.15) is 50.1 Å². The predicted octanol–water partition coefficient (Wildman–Crippen LogP) is 1.96. The van der Waals surface area contributed by atoms with Crippen molar-refractivity contribution in [3.05, 3.63) is 24.0 Å². The number of amides is 1. The number of carbonyl (C=O) groups excluding carboxylic acids is 1. The molecule has 21 heavy (non-hydrogen) atoms. The Labute approximate surface area is 127 Å². The van der Waals surface area contributed by atoms with Crippen LogP contribution in [0.3, 0.4) is 0 Å². The van der Waals surface area contributed by atoms with E-state index in [1.54, 1.807) is 0 Å². The van der Waals surface area contributed by atoms with Crippen molar-refractivity contribution in [1.82, 2.24) is 15.2 Å². The number of nitrogens with zero attached hydrogens (tertiary/aromatic N) is 1. The van der Waals surface area contributed by atoms with Gasteiger partial charge in [0, 0.05) is 25.4 Å². The number of hydrogen-bond acceptors (Lipinski definition) is 3. The standard InChI is InChI=1S/C16H27N3O2/c1-4-21-16(2,3)12-18-15(20)14-6-5-11-19(14)13-7-9-17-10-8-13/h5-6,11,13,17H,4,7-10,12H2,1-3H3,(H,18,20). The average molecular weight is 293 g/mol. The van der Waals surface area contributed by atoms with Gasteiger partial charge in [-0.2, -0.15) is 0 Å². The van der Waals surface area contributed by atoms with E-state index in [1.807, 2.05) is 39.1 Å². The van der Waals surface area contributed by atoms with Crippen molar-refractivity contribution in [2.75, 3.05) is 26.2 Å². The first-order chi connectivity index (χ1) is 10.0. The highest BCUT2D eigenvalue weighted by Crippen LogP contribution is 2.21. The van der Waals surface area contributed by atoms with Gasteiger partial charge in [0.15, 0.2) is 0 Å². The number of nitrogens with one attached hydrogen (secondary N) is 2. The fourth-order valence-electron chi connectivity index (χ4n) is 2.81. The monoisotopic (exact) mass is 293 g/mol. The van der Waals surface area contributed by atoms with Crippen molar-refractivity contribution in [3.63, 3.8) is 0 Å². The minimum absolute atomic E-state index is 0.0219. The van der Waals surface area contributed by atoms with E-state index in [2.05, 4.69) is 15.2 Å². The molecule has 2 heterocycles. The van der Waals surface area contributed by atoms with Gasteiger partial charge in [0.05, 0.1) is 5.60 Å². The second kappa shape index (κ2) is 7.09. The van der Waals surface area contributed by atoms with Crippen LogP contribution >= 0.6 is 0 Å². The number of carbonyl (C=O) groups is 1. The lowest BCUT2D eigenvalue weighted by atomic mass is 10.1. The molecule has 0 aromatic carbocycles. The molecule has 1 amide bonds. The van der Waals surface area contributed by atoms with Crippen LogP contribution in [0.15, 0.2) is 18.3 Å². The van der Waals surface area contributed by atoms with Crippen molar-refractivity contribution < 1.29 is 9.53 Å². The third-order valence-electron chi connectivity index (χ3n) is 3.92. The van der Waals surface area contributed by atoms with E-state index < -0.39 is 0 Å². The second-order valence-corrected chi connectivity index (χ2v) is 6.16. The first kappa shape index (κ1) is 16.0. The third-order valence-corrected chi connectivity index (χ3v) is 3.92. The normalized spacial score (nSPS) is 16.9. The van der Waals surface area contributed by atoms with E-state index in [9.17, 15) is 4.79 Å². The number of rotatable bonds is 6. The van der Waals surface area contributed by atoms with Gasteiger partial charge in [-0.1, -0.05) is 0 Å². The first-order valence-corrected chi connectivity index (χ1v) is 7.83. The van der Waals surface area contributed by atoms with Gasteiger partial charge in [-0.3, -0.25) is 4.79 Å². The Hall–Kier alpha value is -1.33. The maximum absolute atomic E-state index is 12.4. The lowest BCUT2D eigenvalue weighted by Crippen LogP contribution is -2.41. The number of aromatic nitrogens is 1. The Bertz CT molecular complexity index is 462. The van der Waals surface area contributed by atoms with Crippen LogP contribution in [0.4, 0.5) is 0 Å². The summed E-state index contributed by atoms with van der Waals surface area (Å²) < 4.78 is 7.73. The fraction of sp³-hybridized carbons (Fsp3) is 0.688. The highest BCUT2D eigenvalue weighted by Gasteiger charge is 2.22. The Kier molecular flexibility index (Phi) is 5.42. The Morgan fingerprint density at radius 3 is 2.86 bits per heavy atom. The summed E-state index contributed by atoms with van der Waals surface area (Å²) in [7, 11) is 0. The zero-order chi connectivity index (χ0) is 15.3. The van der Waals surface area contributed by atoms with E-state index in [0.717, 1.165) is 31.6 Å². The van der Waals surface area contributed by atoms with Crippen molar-refractivity contribution in [2.45, 2.75) is 45.3 Å². The van der Waals surface area contributed by atoms with Gasteiger partial charge in [-0.15, -0.1) is 0 Å². The molecule has 118 valence electrons. The molecule has 5 heteroatoms. The quantitative estimate of drug-likeness (QED) is 0.843. The number of piperidine rings is 1. The molecule has 0 radical (unpaired) electrons. The van der Waals surface area contributed by atoms with Gasteiger partial charge in [0.1, 0.15) is 5.69 Å². The number of ether oxygens (including phenoxy) is 1. The van der Waals surface area contributed by atoms with E-state index >= 15 is 0 Å². The minimum atomic E-state index is -0.337. The molecule has 0 unspecified atom stereocenters. The largest absolute Gasteiger partial charge is 0.374 e. The Balaban J connectivity index is 1.98.